The third kappa shape index (κ3) is 3.51. The van der Waals surface area contributed by atoms with Crippen LogP contribution in [0.1, 0.15) is 5.56 Å². The van der Waals surface area contributed by atoms with Gasteiger partial charge < -0.3 is 0 Å². The Labute approximate surface area is 138 Å². The number of para-hydroxylation sites is 1. The lowest BCUT2D eigenvalue weighted by Crippen LogP contribution is -2.08. The number of hydrogen-bond donors (Lipinski definition) is 0. The van der Waals surface area contributed by atoms with Gasteiger partial charge in [-0.2, -0.15) is 0 Å². The highest BCUT2D eigenvalue weighted by Gasteiger charge is 2.14. The highest BCUT2D eigenvalue weighted by Crippen LogP contribution is 2.29. The van der Waals surface area contributed by atoms with Crippen molar-refractivity contribution in [2.24, 2.45) is 0 Å². The second-order valence-electron chi connectivity index (χ2n) is 4.93. The molecule has 0 spiro atoms. The smallest absolute Gasteiger partial charge is 0.179 e. The van der Waals surface area contributed by atoms with Crippen molar-refractivity contribution in [3.8, 4) is 0 Å². The van der Waals surface area contributed by atoms with Crippen molar-refractivity contribution < 1.29 is 8.42 Å². The van der Waals surface area contributed by atoms with Gasteiger partial charge in [-0.05, 0) is 31.2 Å². The molecule has 0 radical (unpaired) electrons. The molecule has 0 saturated heterocycles. The molecule has 3 rings (SSSR count). The molecular weight excluding hydrogens is 334 g/mol. The zero-order valence-electron chi connectivity index (χ0n) is 12.0. The Bertz CT molecular complexity index is 850. The number of fused-ring (bicyclic) bond motifs is 1. The van der Waals surface area contributed by atoms with Gasteiger partial charge in [-0.3, -0.25) is 0 Å². The fraction of sp³-hybridized carbons (Fsp3) is 0.188. The molecule has 0 amide bonds. The van der Waals surface area contributed by atoms with Crippen molar-refractivity contribution in [1.82, 2.24) is 4.98 Å². The van der Waals surface area contributed by atoms with Crippen LogP contribution in [0.25, 0.3) is 10.2 Å². The molecule has 0 aliphatic rings. The summed E-state index contributed by atoms with van der Waals surface area (Å²) in [6, 6.07) is 14.9. The summed E-state index contributed by atoms with van der Waals surface area (Å²) in [7, 11) is -3.22. The molecule has 0 saturated carbocycles. The third-order valence-electron chi connectivity index (χ3n) is 3.23. The number of hydrogen-bond acceptors (Lipinski definition) is 5. The molecule has 114 valence electrons. The number of aromatic nitrogens is 1. The minimum absolute atomic E-state index is 0.122. The van der Waals surface area contributed by atoms with Crippen LogP contribution in [0.4, 0.5) is 0 Å². The average molecular weight is 350 g/mol. The summed E-state index contributed by atoms with van der Waals surface area (Å²) in [6.45, 7) is 1.94. The first-order valence-corrected chi connectivity index (χ1v) is 10.3. The summed E-state index contributed by atoms with van der Waals surface area (Å²) in [5, 5.41) is 0. The second kappa shape index (κ2) is 6.40. The molecule has 0 N–H and O–H groups in total. The number of aryl methyl sites for hydroxylation is 1. The van der Waals surface area contributed by atoms with Gasteiger partial charge in [-0.15, -0.1) is 11.3 Å². The highest BCUT2D eigenvalue weighted by molar-refractivity contribution is 8.02. The minimum Gasteiger partial charge on any atom is -0.230 e. The second-order valence-corrected chi connectivity index (χ2v) is 9.41. The average Bonchev–Trinajstić information content (AvgIpc) is 2.90. The molecule has 0 aliphatic heterocycles. The topological polar surface area (TPSA) is 47.0 Å². The van der Waals surface area contributed by atoms with Gasteiger partial charge in [0.25, 0.3) is 0 Å². The van der Waals surface area contributed by atoms with Crippen LogP contribution in [0, 0.1) is 6.92 Å². The summed E-state index contributed by atoms with van der Waals surface area (Å²) >= 11 is 3.10. The Morgan fingerprint density at radius 2 is 1.82 bits per heavy atom. The van der Waals surface area contributed by atoms with Gasteiger partial charge in [0.15, 0.2) is 14.2 Å². The van der Waals surface area contributed by atoms with Crippen LogP contribution >= 0.6 is 23.1 Å². The van der Waals surface area contributed by atoms with Gasteiger partial charge in [0.05, 0.1) is 20.9 Å². The molecule has 22 heavy (non-hydrogen) atoms. The summed E-state index contributed by atoms with van der Waals surface area (Å²) in [5.41, 5.74) is 2.03. The molecule has 1 heterocycles. The van der Waals surface area contributed by atoms with E-state index in [2.05, 4.69) is 4.98 Å². The molecule has 0 fully saturated rings. The van der Waals surface area contributed by atoms with Crippen LogP contribution in [0.15, 0.2) is 57.8 Å². The first-order chi connectivity index (χ1) is 10.5. The lowest BCUT2D eigenvalue weighted by Gasteiger charge is -2.03. The Hall–Kier alpha value is -1.37. The van der Waals surface area contributed by atoms with Crippen LogP contribution < -0.4 is 0 Å². The Morgan fingerprint density at radius 3 is 2.55 bits per heavy atom. The summed E-state index contributed by atoms with van der Waals surface area (Å²) < 4.78 is 26.6. The highest BCUT2D eigenvalue weighted by atomic mass is 32.2. The molecule has 2 aromatic carbocycles. The molecular formula is C16H15NO2S3. The number of sulfone groups is 1. The number of nitrogens with zero attached hydrogens (tertiary/aromatic N) is 1. The summed E-state index contributed by atoms with van der Waals surface area (Å²) in [6.07, 6.45) is 0. The van der Waals surface area contributed by atoms with Crippen LogP contribution in [0.5, 0.6) is 0 Å². The van der Waals surface area contributed by atoms with Gasteiger partial charge in [0, 0.05) is 5.75 Å². The van der Waals surface area contributed by atoms with Crippen molar-refractivity contribution in [2.45, 2.75) is 16.2 Å². The maximum atomic E-state index is 12.3. The molecule has 3 nitrogen and oxygen atoms in total. The maximum Gasteiger partial charge on any atom is 0.179 e. The van der Waals surface area contributed by atoms with Crippen molar-refractivity contribution in [2.75, 3.05) is 11.5 Å². The number of rotatable bonds is 5. The molecule has 6 heteroatoms. The van der Waals surface area contributed by atoms with E-state index in [1.54, 1.807) is 23.5 Å². The Morgan fingerprint density at radius 1 is 1.09 bits per heavy atom. The summed E-state index contributed by atoms with van der Waals surface area (Å²) in [5.74, 6) is 0.632. The minimum atomic E-state index is -3.22. The fourth-order valence-corrected chi connectivity index (χ4v) is 5.80. The van der Waals surface area contributed by atoms with Gasteiger partial charge in [0.1, 0.15) is 0 Å². The van der Waals surface area contributed by atoms with Gasteiger partial charge in [-0.1, -0.05) is 41.6 Å². The van der Waals surface area contributed by atoms with E-state index in [9.17, 15) is 8.42 Å². The number of thioether (sulfide) groups is 1. The quantitative estimate of drug-likeness (QED) is 0.649. The van der Waals surface area contributed by atoms with Crippen molar-refractivity contribution in [1.29, 1.82) is 0 Å². The van der Waals surface area contributed by atoms with Crippen LogP contribution in [-0.4, -0.2) is 24.9 Å². The normalized spacial score (nSPS) is 11.9. The van der Waals surface area contributed by atoms with E-state index < -0.39 is 9.84 Å². The lowest BCUT2D eigenvalue weighted by atomic mass is 10.2. The monoisotopic (exact) mass is 349 g/mol. The van der Waals surface area contributed by atoms with Crippen LogP contribution in [0.3, 0.4) is 0 Å². The van der Waals surface area contributed by atoms with Gasteiger partial charge in [-0.25, -0.2) is 13.4 Å². The SMILES string of the molecule is Cc1ccc(S(=O)(=O)CCSc2nc3ccccc3s2)cc1. The van der Waals surface area contributed by atoms with Gasteiger partial charge in [0.2, 0.25) is 0 Å². The predicted octanol–water partition coefficient (Wildman–Crippen LogP) is 4.17. The van der Waals surface area contributed by atoms with E-state index in [4.69, 9.17) is 0 Å². The van der Waals surface area contributed by atoms with Crippen LogP contribution in [0.2, 0.25) is 0 Å². The fourth-order valence-electron chi connectivity index (χ4n) is 2.01. The first-order valence-electron chi connectivity index (χ1n) is 6.82. The molecule has 0 bridgehead atoms. The Balaban J connectivity index is 1.65. The zero-order chi connectivity index (χ0) is 15.6. The van der Waals surface area contributed by atoms with E-state index in [1.807, 2.05) is 43.3 Å². The summed E-state index contributed by atoms with van der Waals surface area (Å²) in [4.78, 5) is 4.89. The van der Waals surface area contributed by atoms with E-state index in [0.717, 1.165) is 20.1 Å². The number of benzene rings is 2. The number of thiazole rings is 1. The third-order valence-corrected chi connectivity index (χ3v) is 7.40. The zero-order valence-corrected chi connectivity index (χ0v) is 14.5. The molecule has 0 atom stereocenters. The molecule has 0 unspecified atom stereocenters. The van der Waals surface area contributed by atoms with E-state index in [-0.39, 0.29) is 5.75 Å². The molecule has 0 aliphatic carbocycles. The van der Waals surface area contributed by atoms with E-state index >= 15 is 0 Å². The first kappa shape index (κ1) is 15.5. The van der Waals surface area contributed by atoms with Crippen molar-refractivity contribution in [3.63, 3.8) is 0 Å². The van der Waals surface area contributed by atoms with Gasteiger partial charge >= 0.3 is 0 Å². The van der Waals surface area contributed by atoms with E-state index in [0.29, 0.717) is 10.6 Å². The lowest BCUT2D eigenvalue weighted by molar-refractivity contribution is 0.597. The maximum absolute atomic E-state index is 12.3. The molecule has 3 aromatic rings. The van der Waals surface area contributed by atoms with Crippen molar-refractivity contribution in [3.05, 3.63) is 54.1 Å². The largest absolute Gasteiger partial charge is 0.230 e. The standard InChI is InChI=1S/C16H15NO2S3/c1-12-6-8-13(9-7-12)22(18,19)11-10-20-16-17-14-4-2-3-5-15(14)21-16/h2-9H,10-11H2,1H3. The van der Waals surface area contributed by atoms with Crippen LogP contribution in [-0.2, 0) is 9.84 Å². The Kier molecular flexibility index (Phi) is 4.52. The van der Waals surface area contributed by atoms with Crippen molar-refractivity contribution >= 4 is 43.2 Å². The van der Waals surface area contributed by atoms with E-state index in [1.165, 1.54) is 11.8 Å². The predicted molar refractivity (Wildman–Crippen MR) is 93.6 cm³/mol. The molecule has 1 aromatic heterocycles.